The van der Waals surface area contributed by atoms with Gasteiger partial charge in [-0.2, -0.15) is 0 Å². The zero-order valence-electron chi connectivity index (χ0n) is 18.0. The van der Waals surface area contributed by atoms with Gasteiger partial charge in [0.2, 0.25) is 5.91 Å². The fourth-order valence-electron chi connectivity index (χ4n) is 4.62. The Morgan fingerprint density at radius 2 is 1.67 bits per heavy atom. The highest BCUT2D eigenvalue weighted by Crippen LogP contribution is 2.48. The summed E-state index contributed by atoms with van der Waals surface area (Å²) in [6.45, 7) is 3.79. The second-order valence-corrected chi connectivity index (χ2v) is 8.31. The molecule has 5 rings (SSSR count). The molecule has 2 amide bonds. The Labute approximate surface area is 190 Å². The van der Waals surface area contributed by atoms with Crippen LogP contribution in [0.25, 0.3) is 0 Å². The van der Waals surface area contributed by atoms with E-state index >= 15 is 0 Å². The molecule has 3 unspecified atom stereocenters. The molecule has 0 aromatic heterocycles. The first kappa shape index (κ1) is 20.8. The number of rotatable bonds is 4. The van der Waals surface area contributed by atoms with Crippen LogP contribution < -0.4 is 9.96 Å². The predicted molar refractivity (Wildman–Crippen MR) is 122 cm³/mol. The van der Waals surface area contributed by atoms with Crippen LogP contribution in [0, 0.1) is 29.9 Å². The Kier molecular flexibility index (Phi) is 4.94. The number of hydroxylamine groups is 1. The van der Waals surface area contributed by atoms with Gasteiger partial charge in [0, 0.05) is 12.1 Å². The molecule has 3 aromatic rings. The van der Waals surface area contributed by atoms with E-state index in [9.17, 15) is 19.7 Å². The second-order valence-electron chi connectivity index (χ2n) is 8.31. The van der Waals surface area contributed by atoms with Gasteiger partial charge in [-0.25, -0.2) is 9.96 Å². The number of imide groups is 1. The molecular weight excluding hydrogens is 422 g/mol. The number of benzene rings is 3. The number of hydrogen-bond acceptors (Lipinski definition) is 6. The van der Waals surface area contributed by atoms with Crippen LogP contribution in [0.4, 0.5) is 17.1 Å². The maximum atomic E-state index is 13.6. The molecule has 0 radical (unpaired) electrons. The molecular formula is C25H21N3O5. The zero-order chi connectivity index (χ0) is 23.3. The number of non-ortho nitro benzene ring substituents is 1. The van der Waals surface area contributed by atoms with Crippen LogP contribution in [-0.2, 0) is 14.4 Å². The summed E-state index contributed by atoms with van der Waals surface area (Å²) < 4.78 is 0. The van der Waals surface area contributed by atoms with Crippen LogP contribution >= 0.6 is 0 Å². The molecule has 3 atom stereocenters. The molecule has 2 heterocycles. The van der Waals surface area contributed by atoms with Gasteiger partial charge in [-0.05, 0) is 48.7 Å². The molecule has 33 heavy (non-hydrogen) atoms. The van der Waals surface area contributed by atoms with E-state index in [1.807, 2.05) is 44.2 Å². The maximum Gasteiger partial charge on any atom is 0.269 e. The highest BCUT2D eigenvalue weighted by atomic mass is 16.7. The Balaban J connectivity index is 1.63. The lowest BCUT2D eigenvalue weighted by Crippen LogP contribution is -2.37. The molecule has 3 aromatic carbocycles. The number of nitro groups is 1. The van der Waals surface area contributed by atoms with Gasteiger partial charge in [-0.3, -0.25) is 24.5 Å². The lowest BCUT2D eigenvalue weighted by atomic mass is 9.90. The topological polar surface area (TPSA) is 93.0 Å². The first-order valence-electron chi connectivity index (χ1n) is 10.6. The fraction of sp³-hybridized carbons (Fsp3) is 0.200. The number of amides is 2. The fourth-order valence-corrected chi connectivity index (χ4v) is 4.62. The predicted octanol–water partition coefficient (Wildman–Crippen LogP) is 4.26. The molecule has 8 nitrogen and oxygen atoms in total. The van der Waals surface area contributed by atoms with Crippen LogP contribution in [0.3, 0.4) is 0 Å². The van der Waals surface area contributed by atoms with Crippen molar-refractivity contribution in [3.8, 4) is 0 Å². The standard InChI is InChI=1S/C25H21N3O5/c1-15-7-5-10-18(13-15)26-24(29)21-22(17-9-6-11-19(14-17)28(31)32)27(33-23(21)25(26)30)20-12-4-3-8-16(20)2/h3-14,21-23H,1-2H3. The lowest BCUT2D eigenvalue weighted by molar-refractivity contribution is -0.384. The quantitative estimate of drug-likeness (QED) is 0.340. The van der Waals surface area contributed by atoms with Crippen LogP contribution in [0.15, 0.2) is 72.8 Å². The van der Waals surface area contributed by atoms with Crippen molar-refractivity contribution in [1.29, 1.82) is 0 Å². The number of anilines is 2. The third-order valence-electron chi connectivity index (χ3n) is 6.15. The minimum Gasteiger partial charge on any atom is -0.273 e. The first-order valence-corrected chi connectivity index (χ1v) is 10.6. The molecule has 166 valence electrons. The molecule has 0 aliphatic carbocycles. The molecule has 2 aliphatic rings. The molecule has 0 bridgehead atoms. The summed E-state index contributed by atoms with van der Waals surface area (Å²) >= 11 is 0. The maximum absolute atomic E-state index is 13.6. The van der Waals surface area contributed by atoms with Crippen LogP contribution in [0.5, 0.6) is 0 Å². The van der Waals surface area contributed by atoms with Crippen molar-refractivity contribution in [3.63, 3.8) is 0 Å². The minimum absolute atomic E-state index is 0.0898. The smallest absolute Gasteiger partial charge is 0.269 e. The highest BCUT2D eigenvalue weighted by Gasteiger charge is 2.60. The summed E-state index contributed by atoms with van der Waals surface area (Å²) in [4.78, 5) is 45.3. The summed E-state index contributed by atoms with van der Waals surface area (Å²) in [6.07, 6.45) is -1.03. The molecule has 8 heteroatoms. The highest BCUT2D eigenvalue weighted by molar-refractivity contribution is 6.24. The van der Waals surface area contributed by atoms with Crippen molar-refractivity contribution in [2.24, 2.45) is 5.92 Å². The van der Waals surface area contributed by atoms with Gasteiger partial charge in [-0.1, -0.05) is 42.5 Å². The van der Waals surface area contributed by atoms with Gasteiger partial charge in [0.05, 0.1) is 22.3 Å². The number of para-hydroxylation sites is 1. The van der Waals surface area contributed by atoms with E-state index in [4.69, 9.17) is 4.84 Å². The number of nitrogens with zero attached hydrogens (tertiary/aromatic N) is 3. The second kappa shape index (κ2) is 7.83. The lowest BCUT2D eigenvalue weighted by Gasteiger charge is -2.29. The summed E-state index contributed by atoms with van der Waals surface area (Å²) in [7, 11) is 0. The van der Waals surface area contributed by atoms with E-state index < -0.39 is 28.9 Å². The van der Waals surface area contributed by atoms with Gasteiger partial charge in [0.1, 0.15) is 5.92 Å². The van der Waals surface area contributed by atoms with Crippen molar-refractivity contribution in [2.45, 2.75) is 26.0 Å². The third kappa shape index (κ3) is 3.35. The van der Waals surface area contributed by atoms with Crippen LogP contribution in [-0.4, -0.2) is 22.8 Å². The van der Waals surface area contributed by atoms with E-state index in [-0.39, 0.29) is 11.6 Å². The molecule has 2 aliphatic heterocycles. The number of hydrogen-bond donors (Lipinski definition) is 0. The number of carbonyl (C=O) groups is 2. The van der Waals surface area contributed by atoms with E-state index in [0.717, 1.165) is 11.1 Å². The van der Waals surface area contributed by atoms with Gasteiger partial charge >= 0.3 is 0 Å². The summed E-state index contributed by atoms with van der Waals surface area (Å²) in [5.74, 6) is -1.68. The van der Waals surface area contributed by atoms with Crippen LogP contribution in [0.1, 0.15) is 22.7 Å². The average Bonchev–Trinajstić information content (AvgIpc) is 3.30. The molecule has 2 saturated heterocycles. The first-order chi connectivity index (χ1) is 15.9. The molecule has 0 N–H and O–H groups in total. The number of carbonyl (C=O) groups excluding carboxylic acids is 2. The van der Waals surface area contributed by atoms with Gasteiger partial charge in [0.25, 0.3) is 11.6 Å². The summed E-state index contributed by atoms with van der Waals surface area (Å²) in [6, 6.07) is 20.1. The Bertz CT molecular complexity index is 1290. The summed E-state index contributed by atoms with van der Waals surface area (Å²) in [5.41, 5.74) is 3.45. The van der Waals surface area contributed by atoms with Crippen molar-refractivity contribution >= 4 is 28.9 Å². The largest absolute Gasteiger partial charge is 0.273 e. The van der Waals surface area contributed by atoms with Gasteiger partial charge < -0.3 is 0 Å². The normalized spacial score (nSPS) is 22.1. The molecule has 2 fully saturated rings. The molecule has 0 saturated carbocycles. The van der Waals surface area contributed by atoms with Gasteiger partial charge in [0.15, 0.2) is 6.10 Å². The van der Waals surface area contributed by atoms with E-state index in [1.54, 1.807) is 35.4 Å². The average molecular weight is 443 g/mol. The van der Waals surface area contributed by atoms with E-state index in [0.29, 0.717) is 16.9 Å². The SMILES string of the molecule is Cc1cccc(N2C(=O)C3ON(c4ccccc4C)C(c4cccc([N+](=O)[O-])c4)C3C2=O)c1. The third-order valence-corrected chi connectivity index (χ3v) is 6.15. The Hall–Kier alpha value is -4.04. The molecule has 0 spiro atoms. The number of fused-ring (bicyclic) bond motifs is 1. The Morgan fingerprint density at radius 3 is 2.39 bits per heavy atom. The Morgan fingerprint density at radius 1 is 0.909 bits per heavy atom. The monoisotopic (exact) mass is 443 g/mol. The minimum atomic E-state index is -1.03. The van der Waals surface area contributed by atoms with Crippen molar-refractivity contribution < 1.29 is 19.3 Å². The zero-order valence-corrected chi connectivity index (χ0v) is 18.0. The van der Waals surface area contributed by atoms with Crippen molar-refractivity contribution in [2.75, 3.05) is 9.96 Å². The van der Waals surface area contributed by atoms with Crippen LogP contribution in [0.2, 0.25) is 0 Å². The number of nitro benzene ring substituents is 1. The number of aryl methyl sites for hydroxylation is 2. The van der Waals surface area contributed by atoms with Crippen molar-refractivity contribution in [3.05, 3.63) is 99.6 Å². The van der Waals surface area contributed by atoms with E-state index in [2.05, 4.69) is 0 Å². The van der Waals surface area contributed by atoms with Crippen molar-refractivity contribution in [1.82, 2.24) is 0 Å². The van der Waals surface area contributed by atoms with Gasteiger partial charge in [-0.15, -0.1) is 0 Å². The van der Waals surface area contributed by atoms with E-state index in [1.165, 1.54) is 17.0 Å². The summed E-state index contributed by atoms with van der Waals surface area (Å²) in [5, 5.41) is 13.0.